The number of aliphatic hydroxyl groups excluding tert-OH is 1. The second-order valence-corrected chi connectivity index (χ2v) is 9.73. The number of hydrogen-bond donors (Lipinski definition) is 2. The summed E-state index contributed by atoms with van der Waals surface area (Å²) in [6.45, 7) is 3.90. The molecule has 5 rings (SSSR count). The lowest BCUT2D eigenvalue weighted by atomic mass is 10.0. The number of carbonyl (C=O) groups excluding carboxylic acids is 1. The van der Waals surface area contributed by atoms with Crippen LogP contribution in [0.15, 0.2) is 60.9 Å². The molecule has 2 aliphatic heterocycles. The highest BCUT2D eigenvalue weighted by molar-refractivity contribution is 5.94. The fourth-order valence-electron chi connectivity index (χ4n) is 5.09. The molecule has 8 nitrogen and oxygen atoms in total. The van der Waals surface area contributed by atoms with Gasteiger partial charge in [-0.15, -0.1) is 0 Å². The van der Waals surface area contributed by atoms with Crippen LogP contribution < -0.4 is 15.0 Å². The van der Waals surface area contributed by atoms with Gasteiger partial charge in [0.05, 0.1) is 25.1 Å². The minimum atomic E-state index is -0.402. The average molecular weight is 490 g/mol. The quantitative estimate of drug-likeness (QED) is 0.530. The van der Waals surface area contributed by atoms with Crippen molar-refractivity contribution in [1.29, 1.82) is 0 Å². The van der Waals surface area contributed by atoms with Crippen molar-refractivity contribution >= 4 is 11.6 Å². The normalized spacial score (nSPS) is 18.9. The zero-order valence-corrected chi connectivity index (χ0v) is 20.8. The first-order valence-corrected chi connectivity index (χ1v) is 12.8. The fraction of sp³-hybridized carbons (Fsp3) is 0.429. The fourth-order valence-corrected chi connectivity index (χ4v) is 5.09. The topological polar surface area (TPSA) is 82.9 Å². The van der Waals surface area contributed by atoms with Gasteiger partial charge in [-0.1, -0.05) is 6.07 Å². The van der Waals surface area contributed by atoms with Gasteiger partial charge in [-0.2, -0.15) is 5.10 Å². The van der Waals surface area contributed by atoms with Crippen LogP contribution in [0, 0.1) is 0 Å². The molecule has 0 radical (unpaired) electrons. The maximum Gasteiger partial charge on any atom is 0.253 e. The Bertz CT molecular complexity index is 1150. The minimum absolute atomic E-state index is 0.0120. The van der Waals surface area contributed by atoms with Gasteiger partial charge in [0.15, 0.2) is 0 Å². The summed E-state index contributed by atoms with van der Waals surface area (Å²) >= 11 is 0. The number of methoxy groups -OCH3 is 1. The maximum absolute atomic E-state index is 12.8. The highest BCUT2D eigenvalue weighted by Gasteiger charge is 2.24. The number of amides is 1. The first-order chi connectivity index (χ1) is 17.6. The van der Waals surface area contributed by atoms with Gasteiger partial charge >= 0.3 is 0 Å². The largest absolute Gasteiger partial charge is 0.497 e. The number of aromatic nitrogens is 2. The van der Waals surface area contributed by atoms with E-state index in [0.29, 0.717) is 18.2 Å². The number of rotatable bonds is 7. The highest BCUT2D eigenvalue weighted by atomic mass is 16.5. The van der Waals surface area contributed by atoms with E-state index in [9.17, 15) is 9.90 Å². The van der Waals surface area contributed by atoms with Crippen molar-refractivity contribution in [2.75, 3.05) is 38.2 Å². The molecule has 1 unspecified atom stereocenters. The summed E-state index contributed by atoms with van der Waals surface area (Å²) in [6, 6.07) is 16.3. The first kappa shape index (κ1) is 24.3. The van der Waals surface area contributed by atoms with E-state index in [-0.39, 0.29) is 5.91 Å². The van der Waals surface area contributed by atoms with Crippen LogP contribution in [0.2, 0.25) is 0 Å². The van der Waals surface area contributed by atoms with Gasteiger partial charge in [-0.3, -0.25) is 4.79 Å². The first-order valence-electron chi connectivity index (χ1n) is 12.8. The molecule has 190 valence electrons. The minimum Gasteiger partial charge on any atom is -0.497 e. The molecule has 0 spiro atoms. The molecule has 0 saturated carbocycles. The van der Waals surface area contributed by atoms with Crippen LogP contribution in [-0.2, 0) is 6.54 Å². The third kappa shape index (κ3) is 5.71. The number of anilines is 1. The monoisotopic (exact) mass is 489 g/mol. The molecule has 2 N–H and O–H groups in total. The number of aliphatic hydroxyl groups is 1. The van der Waals surface area contributed by atoms with Crippen molar-refractivity contribution in [1.82, 2.24) is 20.0 Å². The predicted octanol–water partition coefficient (Wildman–Crippen LogP) is 3.24. The molecule has 2 aromatic carbocycles. The van der Waals surface area contributed by atoms with Crippen LogP contribution in [0.25, 0.3) is 5.69 Å². The molecule has 2 aliphatic rings. The lowest BCUT2D eigenvalue weighted by molar-refractivity contribution is 0.0474. The van der Waals surface area contributed by atoms with Crippen molar-refractivity contribution in [3.05, 3.63) is 72.1 Å². The van der Waals surface area contributed by atoms with Gasteiger partial charge in [0, 0.05) is 67.8 Å². The van der Waals surface area contributed by atoms with Crippen LogP contribution in [0.4, 0.5) is 5.69 Å². The van der Waals surface area contributed by atoms with Gasteiger partial charge in [0.25, 0.3) is 5.91 Å². The second kappa shape index (κ2) is 11.1. The number of benzene rings is 2. The Morgan fingerprint density at radius 1 is 1.08 bits per heavy atom. The maximum atomic E-state index is 12.8. The van der Waals surface area contributed by atoms with Gasteiger partial charge in [0.2, 0.25) is 0 Å². The van der Waals surface area contributed by atoms with Gasteiger partial charge in [-0.25, -0.2) is 4.68 Å². The highest BCUT2D eigenvalue weighted by Crippen LogP contribution is 2.22. The average Bonchev–Trinajstić information content (AvgIpc) is 3.41. The Morgan fingerprint density at radius 2 is 1.89 bits per heavy atom. The van der Waals surface area contributed by atoms with Crippen molar-refractivity contribution in [2.45, 2.75) is 44.4 Å². The molecule has 2 saturated heterocycles. The van der Waals surface area contributed by atoms with E-state index >= 15 is 0 Å². The van der Waals surface area contributed by atoms with E-state index in [0.717, 1.165) is 74.6 Å². The predicted molar refractivity (Wildman–Crippen MR) is 140 cm³/mol. The Balaban J connectivity index is 1.09. The zero-order chi connectivity index (χ0) is 24.9. The molecule has 36 heavy (non-hydrogen) atoms. The van der Waals surface area contributed by atoms with Crippen LogP contribution in [0.3, 0.4) is 0 Å². The van der Waals surface area contributed by atoms with Crippen LogP contribution in [0.5, 0.6) is 5.75 Å². The van der Waals surface area contributed by atoms with Crippen LogP contribution >= 0.6 is 0 Å². The van der Waals surface area contributed by atoms with E-state index in [2.05, 4.69) is 21.5 Å². The molecule has 3 aromatic rings. The zero-order valence-electron chi connectivity index (χ0n) is 20.8. The second-order valence-electron chi connectivity index (χ2n) is 9.73. The Hall–Kier alpha value is -3.36. The number of hydrogen-bond acceptors (Lipinski definition) is 6. The molecule has 1 aromatic heterocycles. The molecular weight excluding hydrogens is 454 g/mol. The smallest absolute Gasteiger partial charge is 0.253 e. The van der Waals surface area contributed by atoms with Crippen molar-refractivity contribution in [3.8, 4) is 11.4 Å². The Labute approximate surface area is 212 Å². The SMILES string of the molecule is COc1cccc(-n2cc(CNC3CCN(c4ccc(C(=O)N5CCCC(O)C5)cc4)CC3)cn2)c1. The Morgan fingerprint density at radius 3 is 2.64 bits per heavy atom. The van der Waals surface area contributed by atoms with Gasteiger partial charge in [0.1, 0.15) is 5.75 Å². The van der Waals surface area contributed by atoms with E-state index < -0.39 is 6.10 Å². The summed E-state index contributed by atoms with van der Waals surface area (Å²) in [5, 5.41) is 18.1. The van der Waals surface area contributed by atoms with E-state index in [1.54, 1.807) is 12.0 Å². The summed E-state index contributed by atoms with van der Waals surface area (Å²) < 4.78 is 7.19. The molecule has 0 aliphatic carbocycles. The lowest BCUT2D eigenvalue weighted by Crippen LogP contribution is -2.42. The van der Waals surface area contributed by atoms with Crippen molar-refractivity contribution in [2.24, 2.45) is 0 Å². The van der Waals surface area contributed by atoms with Crippen LogP contribution in [0.1, 0.15) is 41.6 Å². The molecule has 3 heterocycles. The number of carbonyl (C=O) groups is 1. The molecule has 2 fully saturated rings. The van der Waals surface area contributed by atoms with Gasteiger partial charge < -0.3 is 25.0 Å². The number of likely N-dealkylation sites (tertiary alicyclic amines) is 1. The summed E-state index contributed by atoms with van der Waals surface area (Å²) in [5.41, 5.74) is 3.99. The van der Waals surface area contributed by atoms with Crippen molar-refractivity contribution < 1.29 is 14.6 Å². The van der Waals surface area contributed by atoms with E-state index in [4.69, 9.17) is 4.74 Å². The standard InChI is InChI=1S/C28H35N5O3/c1-36-27-6-2-4-25(16-27)33-19-21(18-30-33)17-29-23-11-14-31(15-12-23)24-9-7-22(8-10-24)28(35)32-13-3-5-26(34)20-32/h2,4,6-10,16,18-19,23,26,29,34H,3,5,11-15,17,20H2,1H3. The van der Waals surface area contributed by atoms with Gasteiger partial charge in [-0.05, 0) is 62.1 Å². The summed E-state index contributed by atoms with van der Waals surface area (Å²) in [4.78, 5) is 16.9. The number of ether oxygens (including phenoxy) is 1. The molecule has 1 amide bonds. The van der Waals surface area contributed by atoms with E-state index in [1.807, 2.05) is 59.4 Å². The third-order valence-corrected chi connectivity index (χ3v) is 7.21. The number of β-amino-alcohol motifs (C(OH)–C–C–N with tert-alkyl or cyclic N) is 1. The molecule has 8 heteroatoms. The third-order valence-electron chi connectivity index (χ3n) is 7.21. The summed E-state index contributed by atoms with van der Waals surface area (Å²) in [7, 11) is 1.67. The number of nitrogens with zero attached hydrogens (tertiary/aromatic N) is 4. The number of piperidine rings is 2. The summed E-state index contributed by atoms with van der Waals surface area (Å²) in [5.74, 6) is 0.829. The Kier molecular flexibility index (Phi) is 7.53. The van der Waals surface area contributed by atoms with Crippen molar-refractivity contribution in [3.63, 3.8) is 0 Å². The molecule has 1 atom stereocenters. The number of nitrogens with one attached hydrogen (secondary N) is 1. The lowest BCUT2D eigenvalue weighted by Gasteiger charge is -2.34. The molecule has 0 bridgehead atoms. The van der Waals surface area contributed by atoms with E-state index in [1.165, 1.54) is 0 Å². The van der Waals surface area contributed by atoms with Crippen LogP contribution in [-0.4, -0.2) is 71.1 Å². The molecular formula is C28H35N5O3. The summed E-state index contributed by atoms with van der Waals surface area (Å²) in [6.07, 6.45) is 7.34.